The van der Waals surface area contributed by atoms with Gasteiger partial charge in [-0.3, -0.25) is 0 Å². The lowest BCUT2D eigenvalue weighted by atomic mass is 10.1. The summed E-state index contributed by atoms with van der Waals surface area (Å²) in [5.74, 6) is -0.0806. The van der Waals surface area contributed by atoms with Gasteiger partial charge in [-0.1, -0.05) is 0 Å². The Morgan fingerprint density at radius 3 is 2.79 bits per heavy atom. The molecule has 0 saturated carbocycles. The van der Waals surface area contributed by atoms with Gasteiger partial charge < -0.3 is 15.6 Å². The molecule has 78 valence electrons. The van der Waals surface area contributed by atoms with Gasteiger partial charge in [-0.05, 0) is 22.0 Å². The van der Waals surface area contributed by atoms with E-state index >= 15 is 0 Å². The summed E-state index contributed by atoms with van der Waals surface area (Å²) in [6.07, 6.45) is 0. The number of aliphatic hydroxyl groups is 1. The molecule has 0 bridgehead atoms. The number of aliphatic hydroxyl groups excluding tert-OH is 1. The second-order valence-corrected chi connectivity index (χ2v) is 3.65. The van der Waals surface area contributed by atoms with E-state index in [4.69, 9.17) is 15.6 Å². The molecule has 1 atom stereocenters. The molecule has 1 rings (SSSR count). The van der Waals surface area contributed by atoms with E-state index in [9.17, 15) is 4.39 Å². The molecule has 5 heteroatoms. The lowest BCUT2D eigenvalue weighted by Gasteiger charge is -2.12. The molecule has 0 aliphatic carbocycles. The van der Waals surface area contributed by atoms with Crippen LogP contribution in [0, 0.1) is 5.82 Å². The van der Waals surface area contributed by atoms with Crippen LogP contribution in [0.4, 0.5) is 4.39 Å². The van der Waals surface area contributed by atoms with Crippen LogP contribution in [0.15, 0.2) is 16.6 Å². The van der Waals surface area contributed by atoms with Gasteiger partial charge >= 0.3 is 0 Å². The van der Waals surface area contributed by atoms with Crippen molar-refractivity contribution < 1.29 is 14.2 Å². The van der Waals surface area contributed by atoms with E-state index in [0.29, 0.717) is 10.2 Å². The maximum absolute atomic E-state index is 13.4. The van der Waals surface area contributed by atoms with E-state index in [2.05, 4.69) is 15.9 Å². The van der Waals surface area contributed by atoms with E-state index in [-0.39, 0.29) is 12.2 Å². The van der Waals surface area contributed by atoms with Gasteiger partial charge in [0, 0.05) is 11.6 Å². The highest BCUT2D eigenvalue weighted by molar-refractivity contribution is 9.10. The van der Waals surface area contributed by atoms with Gasteiger partial charge in [0.1, 0.15) is 11.6 Å². The molecule has 1 unspecified atom stereocenters. The number of rotatable bonds is 3. The lowest BCUT2D eigenvalue weighted by molar-refractivity contribution is 0.265. The molecule has 1 aromatic carbocycles. The second-order valence-electron chi connectivity index (χ2n) is 2.80. The minimum atomic E-state index is -0.711. The normalized spacial score (nSPS) is 12.6. The lowest BCUT2D eigenvalue weighted by Crippen LogP contribution is -2.16. The van der Waals surface area contributed by atoms with Gasteiger partial charge in [0.15, 0.2) is 0 Å². The molecule has 3 nitrogen and oxygen atoms in total. The minimum absolute atomic E-state index is 0.264. The molecule has 0 heterocycles. The predicted molar refractivity (Wildman–Crippen MR) is 54.7 cm³/mol. The molecular formula is C9H11BrFNO2. The zero-order chi connectivity index (χ0) is 10.7. The number of hydrogen-bond acceptors (Lipinski definition) is 3. The number of methoxy groups -OCH3 is 1. The monoisotopic (exact) mass is 263 g/mol. The van der Waals surface area contributed by atoms with Crippen LogP contribution in [0.1, 0.15) is 11.6 Å². The third-order valence-corrected chi connectivity index (χ3v) is 2.49. The zero-order valence-corrected chi connectivity index (χ0v) is 9.21. The first-order valence-electron chi connectivity index (χ1n) is 3.99. The fraction of sp³-hybridized carbons (Fsp3) is 0.333. The van der Waals surface area contributed by atoms with E-state index in [1.807, 2.05) is 0 Å². The highest BCUT2D eigenvalue weighted by Crippen LogP contribution is 2.29. The summed E-state index contributed by atoms with van der Waals surface area (Å²) < 4.78 is 18.9. The molecule has 0 aliphatic heterocycles. The van der Waals surface area contributed by atoms with Crippen molar-refractivity contribution in [2.75, 3.05) is 13.7 Å². The number of hydrogen-bond donors (Lipinski definition) is 2. The van der Waals surface area contributed by atoms with Crippen molar-refractivity contribution in [1.82, 2.24) is 0 Å². The van der Waals surface area contributed by atoms with Crippen molar-refractivity contribution >= 4 is 15.9 Å². The van der Waals surface area contributed by atoms with Crippen molar-refractivity contribution in [1.29, 1.82) is 0 Å². The van der Waals surface area contributed by atoms with Gasteiger partial charge in [-0.25, -0.2) is 4.39 Å². The molecule has 14 heavy (non-hydrogen) atoms. The van der Waals surface area contributed by atoms with Crippen LogP contribution in [0.3, 0.4) is 0 Å². The molecule has 0 fully saturated rings. The second kappa shape index (κ2) is 4.72. The van der Waals surface area contributed by atoms with Crippen LogP contribution in [-0.2, 0) is 0 Å². The number of halogens is 2. The summed E-state index contributed by atoms with van der Waals surface area (Å²) >= 11 is 3.21. The highest BCUT2D eigenvalue weighted by atomic mass is 79.9. The van der Waals surface area contributed by atoms with E-state index in [0.717, 1.165) is 0 Å². The van der Waals surface area contributed by atoms with Crippen LogP contribution in [0.5, 0.6) is 5.75 Å². The summed E-state index contributed by atoms with van der Waals surface area (Å²) in [5.41, 5.74) is 5.77. The molecule has 0 aliphatic rings. The Hall–Kier alpha value is -0.650. The molecule has 1 aromatic rings. The number of benzene rings is 1. The fourth-order valence-electron chi connectivity index (χ4n) is 1.08. The third-order valence-electron chi connectivity index (χ3n) is 1.87. The Morgan fingerprint density at radius 1 is 1.64 bits per heavy atom. The van der Waals surface area contributed by atoms with E-state index in [1.54, 1.807) is 0 Å². The summed E-state index contributed by atoms with van der Waals surface area (Å²) in [4.78, 5) is 0. The van der Waals surface area contributed by atoms with Crippen molar-refractivity contribution in [2.45, 2.75) is 6.04 Å². The third kappa shape index (κ3) is 2.23. The molecule has 0 aromatic heterocycles. The summed E-state index contributed by atoms with van der Waals surface area (Å²) in [6, 6.07) is 2.03. The Balaban J connectivity index is 3.14. The predicted octanol–water partition coefficient (Wildman–Crippen LogP) is 1.59. The summed E-state index contributed by atoms with van der Waals surface area (Å²) in [6.45, 7) is -0.296. The standard InChI is InChI=1S/C9H11BrFNO2/c1-14-9-3-7(11)5(2-6(9)10)8(12)4-13/h2-3,8,13H,4,12H2,1H3. The first-order chi connectivity index (χ1) is 6.60. The SMILES string of the molecule is COc1cc(F)c(C(N)CO)cc1Br. The summed E-state index contributed by atoms with van der Waals surface area (Å²) in [7, 11) is 1.45. The molecular weight excluding hydrogens is 253 g/mol. The van der Waals surface area contributed by atoms with Crippen LogP contribution in [-0.4, -0.2) is 18.8 Å². The average molecular weight is 264 g/mol. The van der Waals surface area contributed by atoms with Gasteiger partial charge in [-0.2, -0.15) is 0 Å². The maximum Gasteiger partial charge on any atom is 0.135 e. The highest BCUT2D eigenvalue weighted by Gasteiger charge is 2.13. The molecule has 0 amide bonds. The maximum atomic E-state index is 13.4. The van der Waals surface area contributed by atoms with Crippen molar-refractivity contribution in [3.8, 4) is 5.75 Å². The smallest absolute Gasteiger partial charge is 0.135 e. The topological polar surface area (TPSA) is 55.5 Å². The number of nitrogens with two attached hydrogens (primary N) is 1. The largest absolute Gasteiger partial charge is 0.495 e. The molecule has 0 radical (unpaired) electrons. The first kappa shape index (κ1) is 11.4. The molecule has 3 N–H and O–H groups in total. The Kier molecular flexibility index (Phi) is 3.86. The van der Waals surface area contributed by atoms with E-state index in [1.165, 1.54) is 19.2 Å². The van der Waals surface area contributed by atoms with Crippen molar-refractivity contribution in [3.63, 3.8) is 0 Å². The van der Waals surface area contributed by atoms with E-state index < -0.39 is 11.9 Å². The quantitative estimate of drug-likeness (QED) is 0.871. The van der Waals surface area contributed by atoms with Crippen molar-refractivity contribution in [2.24, 2.45) is 5.73 Å². The van der Waals surface area contributed by atoms with Gasteiger partial charge in [0.2, 0.25) is 0 Å². The Labute approximate surface area is 89.8 Å². The van der Waals surface area contributed by atoms with Crippen molar-refractivity contribution in [3.05, 3.63) is 28.0 Å². The van der Waals surface area contributed by atoms with Crippen LogP contribution < -0.4 is 10.5 Å². The Morgan fingerprint density at radius 2 is 2.29 bits per heavy atom. The van der Waals surface area contributed by atoms with Crippen LogP contribution in [0.25, 0.3) is 0 Å². The zero-order valence-electron chi connectivity index (χ0n) is 7.63. The van der Waals surface area contributed by atoms with Gasteiger partial charge in [0.25, 0.3) is 0 Å². The molecule has 0 spiro atoms. The number of ether oxygens (including phenoxy) is 1. The fourth-order valence-corrected chi connectivity index (χ4v) is 1.61. The first-order valence-corrected chi connectivity index (χ1v) is 4.78. The van der Waals surface area contributed by atoms with Crippen LogP contribution in [0.2, 0.25) is 0 Å². The Bertz CT molecular complexity index is 333. The van der Waals surface area contributed by atoms with Crippen LogP contribution >= 0.6 is 15.9 Å². The van der Waals surface area contributed by atoms with Gasteiger partial charge in [0.05, 0.1) is 24.2 Å². The minimum Gasteiger partial charge on any atom is -0.495 e. The van der Waals surface area contributed by atoms with Gasteiger partial charge in [-0.15, -0.1) is 0 Å². The average Bonchev–Trinajstić information content (AvgIpc) is 2.19. The molecule has 0 saturated heterocycles. The summed E-state index contributed by atoms with van der Waals surface area (Å²) in [5, 5.41) is 8.79.